The summed E-state index contributed by atoms with van der Waals surface area (Å²) < 4.78 is 0. The van der Waals surface area contributed by atoms with Gasteiger partial charge in [0.1, 0.15) is 0 Å². The molecule has 0 amide bonds. The highest BCUT2D eigenvalue weighted by Gasteiger charge is 2.37. The van der Waals surface area contributed by atoms with Crippen LogP contribution in [0.1, 0.15) is 39.2 Å². The summed E-state index contributed by atoms with van der Waals surface area (Å²) in [7, 11) is 0. The standard InChI is InChI=1S/C18H28N2S/c1-4-15-11-20(18(3,5-2)13-19-15)12-16-10-14-8-6-7-9-17(14)21-16/h6-9,15-16,19H,4-5,10-13H2,1-3H3. The van der Waals surface area contributed by atoms with Crippen LogP contribution in [0.2, 0.25) is 0 Å². The maximum absolute atomic E-state index is 3.73. The number of thioether (sulfide) groups is 1. The molecule has 3 unspecified atom stereocenters. The fourth-order valence-corrected chi connectivity index (χ4v) is 4.88. The summed E-state index contributed by atoms with van der Waals surface area (Å²) in [6.45, 7) is 10.6. The summed E-state index contributed by atoms with van der Waals surface area (Å²) in [6.07, 6.45) is 3.69. The molecule has 1 fully saturated rings. The largest absolute Gasteiger partial charge is 0.311 e. The molecule has 3 rings (SSSR count). The Kier molecular flexibility index (Phi) is 4.63. The van der Waals surface area contributed by atoms with Crippen LogP contribution >= 0.6 is 11.8 Å². The number of rotatable bonds is 4. The zero-order chi connectivity index (χ0) is 14.9. The number of nitrogens with zero attached hydrogens (tertiary/aromatic N) is 1. The summed E-state index contributed by atoms with van der Waals surface area (Å²) >= 11 is 2.09. The fourth-order valence-electron chi connectivity index (χ4n) is 3.55. The van der Waals surface area contributed by atoms with E-state index in [2.05, 4.69) is 67.0 Å². The molecular formula is C18H28N2S. The highest BCUT2D eigenvalue weighted by atomic mass is 32.2. The Bertz CT molecular complexity index is 465. The van der Waals surface area contributed by atoms with Crippen LogP contribution in [0.3, 0.4) is 0 Å². The Morgan fingerprint density at radius 1 is 1.33 bits per heavy atom. The molecule has 3 heteroatoms. The predicted molar refractivity (Wildman–Crippen MR) is 92.1 cm³/mol. The first-order valence-electron chi connectivity index (χ1n) is 8.37. The Labute approximate surface area is 133 Å². The molecule has 0 aromatic heterocycles. The molecule has 2 nitrogen and oxygen atoms in total. The molecule has 0 spiro atoms. The number of benzene rings is 1. The number of fused-ring (bicyclic) bond motifs is 1. The summed E-state index contributed by atoms with van der Waals surface area (Å²) in [5, 5.41) is 4.46. The van der Waals surface area contributed by atoms with Crippen molar-refractivity contribution in [1.29, 1.82) is 0 Å². The van der Waals surface area contributed by atoms with Crippen molar-refractivity contribution in [2.24, 2.45) is 0 Å². The molecule has 21 heavy (non-hydrogen) atoms. The van der Waals surface area contributed by atoms with E-state index in [-0.39, 0.29) is 0 Å². The van der Waals surface area contributed by atoms with Gasteiger partial charge in [-0.15, -0.1) is 11.8 Å². The summed E-state index contributed by atoms with van der Waals surface area (Å²) in [5.41, 5.74) is 1.87. The van der Waals surface area contributed by atoms with Gasteiger partial charge in [0.05, 0.1) is 0 Å². The lowest BCUT2D eigenvalue weighted by molar-refractivity contribution is 0.0488. The Morgan fingerprint density at radius 2 is 2.14 bits per heavy atom. The van der Waals surface area contributed by atoms with Crippen molar-refractivity contribution in [3.63, 3.8) is 0 Å². The second-order valence-corrected chi connectivity index (χ2v) is 8.14. The molecule has 1 N–H and O–H groups in total. The van der Waals surface area contributed by atoms with Crippen molar-refractivity contribution < 1.29 is 0 Å². The number of piperazine rings is 1. The second kappa shape index (κ2) is 6.31. The topological polar surface area (TPSA) is 15.3 Å². The van der Waals surface area contributed by atoms with E-state index < -0.39 is 0 Å². The van der Waals surface area contributed by atoms with Crippen LogP contribution < -0.4 is 5.32 Å². The quantitative estimate of drug-likeness (QED) is 0.916. The van der Waals surface area contributed by atoms with E-state index in [0.717, 1.165) is 11.8 Å². The first kappa shape index (κ1) is 15.4. The van der Waals surface area contributed by atoms with Gasteiger partial charge >= 0.3 is 0 Å². The average Bonchev–Trinajstić information content (AvgIpc) is 2.92. The minimum Gasteiger partial charge on any atom is -0.311 e. The van der Waals surface area contributed by atoms with E-state index in [9.17, 15) is 0 Å². The zero-order valence-electron chi connectivity index (χ0n) is 13.6. The molecule has 0 aliphatic carbocycles. The van der Waals surface area contributed by atoms with E-state index in [4.69, 9.17) is 0 Å². The maximum atomic E-state index is 3.73. The molecule has 2 aliphatic rings. The van der Waals surface area contributed by atoms with Crippen LogP contribution in [0.5, 0.6) is 0 Å². The van der Waals surface area contributed by atoms with Crippen LogP contribution in [-0.2, 0) is 6.42 Å². The zero-order valence-corrected chi connectivity index (χ0v) is 14.4. The van der Waals surface area contributed by atoms with E-state index in [1.54, 1.807) is 5.56 Å². The van der Waals surface area contributed by atoms with Gasteiger partial charge in [0.25, 0.3) is 0 Å². The van der Waals surface area contributed by atoms with Crippen LogP contribution in [0.15, 0.2) is 29.2 Å². The monoisotopic (exact) mass is 304 g/mol. The number of hydrogen-bond acceptors (Lipinski definition) is 3. The van der Waals surface area contributed by atoms with Crippen molar-refractivity contribution in [3.8, 4) is 0 Å². The van der Waals surface area contributed by atoms with Crippen LogP contribution in [0.25, 0.3) is 0 Å². The van der Waals surface area contributed by atoms with Crippen molar-refractivity contribution in [2.45, 2.75) is 61.8 Å². The van der Waals surface area contributed by atoms with Gasteiger partial charge in [-0.3, -0.25) is 4.90 Å². The van der Waals surface area contributed by atoms with Gasteiger partial charge in [0.15, 0.2) is 0 Å². The Hall–Kier alpha value is -0.510. The highest BCUT2D eigenvalue weighted by molar-refractivity contribution is 8.00. The summed E-state index contributed by atoms with van der Waals surface area (Å²) in [5.74, 6) is 0. The van der Waals surface area contributed by atoms with Crippen molar-refractivity contribution >= 4 is 11.8 Å². The molecule has 116 valence electrons. The molecule has 1 aromatic rings. The van der Waals surface area contributed by atoms with Crippen molar-refractivity contribution in [2.75, 3.05) is 19.6 Å². The van der Waals surface area contributed by atoms with Gasteiger partial charge in [0.2, 0.25) is 0 Å². The first-order chi connectivity index (χ1) is 10.1. The van der Waals surface area contributed by atoms with Crippen LogP contribution in [0.4, 0.5) is 0 Å². The normalized spacial score (nSPS) is 33.1. The van der Waals surface area contributed by atoms with Crippen LogP contribution in [0, 0.1) is 0 Å². The van der Waals surface area contributed by atoms with E-state index in [1.807, 2.05) is 0 Å². The molecule has 0 bridgehead atoms. The molecule has 1 saturated heterocycles. The molecule has 2 heterocycles. The smallest absolute Gasteiger partial charge is 0.0304 e. The lowest BCUT2D eigenvalue weighted by Crippen LogP contribution is -2.63. The molecule has 0 saturated carbocycles. The van der Waals surface area contributed by atoms with E-state index in [1.165, 1.54) is 37.2 Å². The third-order valence-corrected chi connectivity index (χ3v) is 6.67. The van der Waals surface area contributed by atoms with Gasteiger partial charge in [0, 0.05) is 41.4 Å². The molecule has 1 aromatic carbocycles. The minimum absolute atomic E-state index is 0.320. The first-order valence-corrected chi connectivity index (χ1v) is 9.25. The van der Waals surface area contributed by atoms with Gasteiger partial charge in [-0.25, -0.2) is 0 Å². The fraction of sp³-hybridized carbons (Fsp3) is 0.667. The minimum atomic E-state index is 0.320. The third kappa shape index (κ3) is 3.15. The van der Waals surface area contributed by atoms with Gasteiger partial charge < -0.3 is 5.32 Å². The SMILES string of the molecule is CCC1CN(CC2Cc3ccccc3S2)C(C)(CC)CN1. The maximum Gasteiger partial charge on any atom is 0.0304 e. The lowest BCUT2D eigenvalue weighted by Gasteiger charge is -2.48. The third-order valence-electron chi connectivity index (χ3n) is 5.37. The highest BCUT2D eigenvalue weighted by Crippen LogP contribution is 2.38. The van der Waals surface area contributed by atoms with Crippen molar-refractivity contribution in [1.82, 2.24) is 10.2 Å². The number of hydrogen-bond donors (Lipinski definition) is 1. The van der Waals surface area contributed by atoms with Crippen LogP contribution in [-0.4, -0.2) is 41.4 Å². The summed E-state index contributed by atoms with van der Waals surface area (Å²) in [6, 6.07) is 9.59. The Balaban J connectivity index is 1.68. The van der Waals surface area contributed by atoms with E-state index >= 15 is 0 Å². The lowest BCUT2D eigenvalue weighted by atomic mass is 9.91. The second-order valence-electron chi connectivity index (χ2n) is 6.79. The molecular weight excluding hydrogens is 276 g/mol. The van der Waals surface area contributed by atoms with Gasteiger partial charge in [-0.05, 0) is 37.8 Å². The average molecular weight is 305 g/mol. The van der Waals surface area contributed by atoms with Gasteiger partial charge in [-0.2, -0.15) is 0 Å². The van der Waals surface area contributed by atoms with Gasteiger partial charge in [-0.1, -0.05) is 32.0 Å². The van der Waals surface area contributed by atoms with E-state index in [0.29, 0.717) is 11.6 Å². The predicted octanol–water partition coefficient (Wildman–Crippen LogP) is 3.56. The number of nitrogens with one attached hydrogen (secondary N) is 1. The Morgan fingerprint density at radius 3 is 2.86 bits per heavy atom. The van der Waals surface area contributed by atoms with Crippen molar-refractivity contribution in [3.05, 3.63) is 29.8 Å². The molecule has 0 radical (unpaired) electrons. The molecule has 3 atom stereocenters. The molecule has 2 aliphatic heterocycles. The summed E-state index contributed by atoms with van der Waals surface area (Å²) in [4.78, 5) is 4.27.